The molecule has 0 rings (SSSR count). The van der Waals surface area contributed by atoms with Crippen LogP contribution in [0.5, 0.6) is 0 Å². The summed E-state index contributed by atoms with van der Waals surface area (Å²) in [5.41, 5.74) is 5.81. The molecule has 0 radical (unpaired) electrons. The second kappa shape index (κ2) is 10.7. The first kappa shape index (κ1) is 22.8. The second-order valence-electron chi connectivity index (χ2n) is 6.61. The van der Waals surface area contributed by atoms with Crippen LogP contribution >= 0.6 is 0 Å². The number of nitrogens with two attached hydrogens (primary N) is 1. The van der Waals surface area contributed by atoms with E-state index >= 15 is 0 Å². The minimum atomic E-state index is -1.57. The van der Waals surface area contributed by atoms with E-state index in [1.807, 2.05) is 20.8 Å². The van der Waals surface area contributed by atoms with Crippen molar-refractivity contribution in [2.75, 3.05) is 0 Å². The van der Waals surface area contributed by atoms with Gasteiger partial charge in [-0.3, -0.25) is 14.4 Å². The predicted octanol–water partition coefficient (Wildman–Crippen LogP) is -0.0652. The van der Waals surface area contributed by atoms with Gasteiger partial charge in [-0.15, -0.1) is 0 Å². The van der Waals surface area contributed by atoms with E-state index in [4.69, 9.17) is 15.9 Å². The average molecular weight is 359 g/mol. The van der Waals surface area contributed by atoms with E-state index in [1.165, 1.54) is 0 Å². The fourth-order valence-corrected chi connectivity index (χ4v) is 2.21. The molecule has 0 aliphatic carbocycles. The fourth-order valence-electron chi connectivity index (χ4n) is 2.21. The van der Waals surface area contributed by atoms with Crippen molar-refractivity contribution in [3.63, 3.8) is 0 Å². The SMILES string of the molecule is CC[C@H](C)[C@H](NC(=O)[C@@H](N)CC(C)C)C(=O)N[C@@H](CC(=O)O)C(=O)O. The molecule has 9 nitrogen and oxygen atoms in total. The van der Waals surface area contributed by atoms with Crippen LogP contribution in [-0.2, 0) is 19.2 Å². The Morgan fingerprint density at radius 2 is 1.56 bits per heavy atom. The molecular weight excluding hydrogens is 330 g/mol. The number of amides is 2. The monoisotopic (exact) mass is 359 g/mol. The number of carboxylic acid groups (broad SMARTS) is 2. The third kappa shape index (κ3) is 8.48. The summed E-state index contributed by atoms with van der Waals surface area (Å²) in [5.74, 6) is -4.14. The lowest BCUT2D eigenvalue weighted by molar-refractivity contribution is -0.147. The Morgan fingerprint density at radius 1 is 1.00 bits per heavy atom. The fraction of sp³-hybridized carbons (Fsp3) is 0.750. The molecule has 0 saturated carbocycles. The largest absolute Gasteiger partial charge is 0.481 e. The summed E-state index contributed by atoms with van der Waals surface area (Å²) in [5, 5.41) is 22.5. The van der Waals surface area contributed by atoms with Crippen molar-refractivity contribution >= 4 is 23.8 Å². The Kier molecular flexibility index (Phi) is 9.73. The van der Waals surface area contributed by atoms with Gasteiger partial charge in [0.2, 0.25) is 11.8 Å². The molecule has 0 saturated heterocycles. The smallest absolute Gasteiger partial charge is 0.326 e. The van der Waals surface area contributed by atoms with Gasteiger partial charge in [-0.25, -0.2) is 4.79 Å². The van der Waals surface area contributed by atoms with Gasteiger partial charge >= 0.3 is 11.9 Å². The number of hydrogen-bond acceptors (Lipinski definition) is 5. The Morgan fingerprint density at radius 3 is 1.96 bits per heavy atom. The van der Waals surface area contributed by atoms with Crippen LogP contribution in [0.2, 0.25) is 0 Å². The maximum atomic E-state index is 12.4. The molecule has 0 aromatic heterocycles. The normalized spacial score (nSPS) is 15.8. The minimum absolute atomic E-state index is 0.198. The second-order valence-corrected chi connectivity index (χ2v) is 6.61. The zero-order chi connectivity index (χ0) is 19.7. The third-order valence-corrected chi connectivity index (χ3v) is 3.85. The van der Waals surface area contributed by atoms with Crippen LogP contribution in [0.15, 0.2) is 0 Å². The molecular formula is C16H29N3O6. The summed E-state index contributed by atoms with van der Waals surface area (Å²) in [6, 6.07) is -3.35. The number of carbonyl (C=O) groups is 4. The molecule has 0 aliphatic heterocycles. The van der Waals surface area contributed by atoms with Crippen LogP contribution in [0.1, 0.15) is 47.0 Å². The molecule has 6 N–H and O–H groups in total. The van der Waals surface area contributed by atoms with Crippen LogP contribution in [0.25, 0.3) is 0 Å². The number of aliphatic carboxylic acids is 2. The van der Waals surface area contributed by atoms with Crippen molar-refractivity contribution in [1.29, 1.82) is 0 Å². The lowest BCUT2D eigenvalue weighted by atomic mass is 9.96. The van der Waals surface area contributed by atoms with Gasteiger partial charge < -0.3 is 26.6 Å². The lowest BCUT2D eigenvalue weighted by Gasteiger charge is -2.26. The highest BCUT2D eigenvalue weighted by atomic mass is 16.4. The maximum absolute atomic E-state index is 12.4. The van der Waals surface area contributed by atoms with Crippen molar-refractivity contribution < 1.29 is 29.4 Å². The molecule has 25 heavy (non-hydrogen) atoms. The average Bonchev–Trinajstić information content (AvgIpc) is 2.49. The molecule has 0 fully saturated rings. The topological polar surface area (TPSA) is 159 Å². The minimum Gasteiger partial charge on any atom is -0.481 e. The van der Waals surface area contributed by atoms with Crippen molar-refractivity contribution in [1.82, 2.24) is 10.6 Å². The first-order valence-electron chi connectivity index (χ1n) is 8.30. The first-order valence-corrected chi connectivity index (χ1v) is 8.30. The van der Waals surface area contributed by atoms with Crippen LogP contribution in [0.3, 0.4) is 0 Å². The lowest BCUT2D eigenvalue weighted by Crippen LogP contribution is -2.57. The molecule has 4 atom stereocenters. The van der Waals surface area contributed by atoms with Crippen LogP contribution < -0.4 is 16.4 Å². The number of carboxylic acids is 2. The van der Waals surface area contributed by atoms with E-state index in [-0.39, 0.29) is 11.8 Å². The molecule has 0 unspecified atom stereocenters. The predicted molar refractivity (Wildman–Crippen MR) is 90.6 cm³/mol. The number of nitrogens with one attached hydrogen (secondary N) is 2. The van der Waals surface area contributed by atoms with Gasteiger partial charge in [0.15, 0.2) is 0 Å². The standard InChI is InChI=1S/C16H29N3O6/c1-5-9(4)13(19-14(22)10(17)6-8(2)3)15(23)18-11(16(24)25)7-12(20)21/h8-11,13H,5-7,17H2,1-4H3,(H,18,23)(H,19,22)(H,20,21)(H,24,25)/t9-,10-,11-,13-/m0/s1. The Hall–Kier alpha value is -2.16. The zero-order valence-corrected chi connectivity index (χ0v) is 15.1. The summed E-state index contributed by atoms with van der Waals surface area (Å²) in [6.07, 6.45) is 0.237. The third-order valence-electron chi connectivity index (χ3n) is 3.85. The maximum Gasteiger partial charge on any atom is 0.326 e. The number of hydrogen-bond donors (Lipinski definition) is 5. The van der Waals surface area contributed by atoms with E-state index in [1.54, 1.807) is 6.92 Å². The van der Waals surface area contributed by atoms with Crippen LogP contribution in [-0.4, -0.2) is 52.1 Å². The molecule has 0 spiro atoms. The van der Waals surface area contributed by atoms with Crippen molar-refractivity contribution in [3.8, 4) is 0 Å². The quantitative estimate of drug-likeness (QED) is 0.345. The molecule has 0 aliphatic rings. The van der Waals surface area contributed by atoms with Gasteiger partial charge in [0.05, 0.1) is 12.5 Å². The van der Waals surface area contributed by atoms with Crippen molar-refractivity contribution in [2.24, 2.45) is 17.6 Å². The van der Waals surface area contributed by atoms with E-state index in [2.05, 4.69) is 10.6 Å². The van der Waals surface area contributed by atoms with Crippen LogP contribution in [0.4, 0.5) is 0 Å². The number of carbonyl (C=O) groups excluding carboxylic acids is 2. The summed E-state index contributed by atoms with van der Waals surface area (Å²) >= 11 is 0. The van der Waals surface area contributed by atoms with E-state index in [9.17, 15) is 19.2 Å². The van der Waals surface area contributed by atoms with Gasteiger partial charge in [-0.1, -0.05) is 34.1 Å². The van der Waals surface area contributed by atoms with Gasteiger partial charge in [0.25, 0.3) is 0 Å². The molecule has 144 valence electrons. The molecule has 2 amide bonds. The molecule has 0 bridgehead atoms. The summed E-state index contributed by atoms with van der Waals surface area (Å²) in [7, 11) is 0. The summed E-state index contributed by atoms with van der Waals surface area (Å²) in [6.45, 7) is 7.37. The molecule has 0 heterocycles. The highest BCUT2D eigenvalue weighted by molar-refractivity contribution is 5.92. The highest BCUT2D eigenvalue weighted by Gasteiger charge is 2.31. The summed E-state index contributed by atoms with van der Waals surface area (Å²) in [4.78, 5) is 46.4. The van der Waals surface area contributed by atoms with Gasteiger partial charge in [-0.05, 0) is 18.3 Å². The van der Waals surface area contributed by atoms with Gasteiger partial charge in [-0.2, -0.15) is 0 Å². The van der Waals surface area contributed by atoms with Gasteiger partial charge in [0, 0.05) is 0 Å². The zero-order valence-electron chi connectivity index (χ0n) is 15.1. The van der Waals surface area contributed by atoms with E-state index in [0.29, 0.717) is 12.8 Å². The molecule has 9 heteroatoms. The first-order chi connectivity index (χ1) is 11.5. The van der Waals surface area contributed by atoms with Crippen molar-refractivity contribution in [3.05, 3.63) is 0 Å². The highest BCUT2D eigenvalue weighted by Crippen LogP contribution is 2.10. The Bertz CT molecular complexity index is 494. The number of rotatable bonds is 11. The van der Waals surface area contributed by atoms with Crippen molar-refractivity contribution in [2.45, 2.75) is 65.1 Å². The summed E-state index contributed by atoms with van der Waals surface area (Å²) < 4.78 is 0. The van der Waals surface area contributed by atoms with E-state index in [0.717, 1.165) is 0 Å². The van der Waals surface area contributed by atoms with E-state index < -0.39 is 48.3 Å². The van der Waals surface area contributed by atoms with Crippen LogP contribution in [0, 0.1) is 11.8 Å². The Balaban J connectivity index is 5.12. The molecule has 0 aromatic rings. The Labute approximate surface area is 147 Å². The van der Waals surface area contributed by atoms with Gasteiger partial charge in [0.1, 0.15) is 12.1 Å². The molecule has 0 aromatic carbocycles.